The molecule has 2 aliphatic heterocycles. The lowest BCUT2D eigenvalue weighted by molar-refractivity contribution is -0.899. The molecule has 2 aromatic rings. The number of nitrogens with two attached hydrogens (primary N) is 1. The minimum atomic E-state index is -1.52. The summed E-state index contributed by atoms with van der Waals surface area (Å²) in [6.45, 7) is -0.344. The van der Waals surface area contributed by atoms with Gasteiger partial charge >= 0.3 is 0 Å². The van der Waals surface area contributed by atoms with Crippen LogP contribution in [0.1, 0.15) is 11.7 Å². The third kappa shape index (κ3) is 5.81. The number of alkyl halides is 1. The Bertz CT molecular complexity index is 1310. The van der Waals surface area contributed by atoms with E-state index in [1.54, 1.807) is 12.2 Å². The van der Waals surface area contributed by atoms with Gasteiger partial charge in [-0.05, 0) is 11.6 Å². The molecule has 15 nitrogen and oxygen atoms in total. The Morgan fingerprint density at radius 3 is 2.89 bits per heavy atom. The molecule has 2 aliphatic rings. The number of likely N-dealkylation sites (N-methyl/N-ethyl adjacent to an activating group) is 1. The van der Waals surface area contributed by atoms with E-state index < -0.39 is 41.8 Å². The molecule has 3 N–H and O–H groups in total. The van der Waals surface area contributed by atoms with Crippen LogP contribution in [0.4, 0.5) is 9.52 Å². The molecule has 0 bridgehead atoms. The topological polar surface area (TPSA) is 202 Å². The molecule has 2 amide bonds. The number of rotatable bonds is 11. The number of fused-ring (bicyclic) bond motifs is 1. The van der Waals surface area contributed by atoms with Gasteiger partial charge in [-0.15, -0.1) is 22.0 Å². The summed E-state index contributed by atoms with van der Waals surface area (Å²) in [4.78, 5) is 46.9. The van der Waals surface area contributed by atoms with Gasteiger partial charge < -0.3 is 34.7 Å². The Morgan fingerprint density at radius 2 is 2.26 bits per heavy atom. The lowest BCUT2D eigenvalue weighted by Crippen LogP contribution is -2.71. The summed E-state index contributed by atoms with van der Waals surface area (Å²) in [5.74, 6) is -2.60. The second-order valence-corrected chi connectivity index (χ2v) is 10.6. The number of hydrogen-bond donors (Lipinski definition) is 2. The van der Waals surface area contributed by atoms with Gasteiger partial charge in [0.25, 0.3) is 24.6 Å². The monoisotopic (exact) mass is 567 g/mol. The summed E-state index contributed by atoms with van der Waals surface area (Å²) < 4.78 is 22.0. The van der Waals surface area contributed by atoms with Gasteiger partial charge in [-0.2, -0.15) is 9.36 Å². The van der Waals surface area contributed by atoms with E-state index in [9.17, 15) is 23.9 Å². The SMILES string of the molecule is C[N+](C)(C/C=C/C1=C(C(=O)[O-])N2C(=O)[C@@H](NC(=O)/C(=N\OCF)c3nsc(N)n3)[C@H]2SC1)Cc1nnco1. The minimum absolute atomic E-state index is 0.0376. The number of thioether (sulfide) groups is 1. The van der Waals surface area contributed by atoms with Gasteiger partial charge in [0.2, 0.25) is 17.9 Å². The number of oxime groups is 1. The third-order valence-electron chi connectivity index (χ3n) is 5.44. The van der Waals surface area contributed by atoms with E-state index in [1.807, 2.05) is 14.1 Å². The number of aliphatic carboxylic acids is 1. The lowest BCUT2D eigenvalue weighted by atomic mass is 10.0. The van der Waals surface area contributed by atoms with Gasteiger partial charge in [-0.1, -0.05) is 11.2 Å². The van der Waals surface area contributed by atoms with Crippen LogP contribution in [0.25, 0.3) is 0 Å². The quantitative estimate of drug-likeness (QED) is 0.136. The van der Waals surface area contributed by atoms with E-state index in [2.05, 4.69) is 34.9 Å². The number of β-lactam (4-membered cyclic amide) rings is 1. The number of carboxylic acids is 1. The fourth-order valence-corrected chi connectivity index (χ4v) is 5.50. The largest absolute Gasteiger partial charge is 0.543 e. The van der Waals surface area contributed by atoms with Crippen LogP contribution >= 0.6 is 23.3 Å². The molecule has 2 atom stereocenters. The van der Waals surface area contributed by atoms with Crippen molar-refractivity contribution in [3.63, 3.8) is 0 Å². The molecular formula is C20H22FN9O6S2. The van der Waals surface area contributed by atoms with E-state index in [-0.39, 0.29) is 22.4 Å². The predicted molar refractivity (Wildman–Crippen MR) is 129 cm³/mol. The van der Waals surface area contributed by atoms with Crippen molar-refractivity contribution in [2.75, 3.05) is 39.0 Å². The lowest BCUT2D eigenvalue weighted by Gasteiger charge is -2.50. The molecule has 38 heavy (non-hydrogen) atoms. The van der Waals surface area contributed by atoms with Crippen LogP contribution < -0.4 is 16.2 Å². The van der Waals surface area contributed by atoms with Crippen LogP contribution in [0.5, 0.6) is 0 Å². The number of nitrogens with zero attached hydrogens (tertiary/aromatic N) is 7. The Hall–Kier alpha value is -3.90. The summed E-state index contributed by atoms with van der Waals surface area (Å²) in [5.41, 5.74) is 5.17. The molecule has 0 saturated carbocycles. The van der Waals surface area contributed by atoms with Gasteiger partial charge in [0.1, 0.15) is 11.4 Å². The van der Waals surface area contributed by atoms with E-state index in [0.717, 1.165) is 16.4 Å². The summed E-state index contributed by atoms with van der Waals surface area (Å²) in [6, 6.07) is -1.08. The van der Waals surface area contributed by atoms with E-state index >= 15 is 0 Å². The highest BCUT2D eigenvalue weighted by Crippen LogP contribution is 2.40. The Balaban J connectivity index is 1.46. The van der Waals surface area contributed by atoms with Crippen molar-refractivity contribution in [2.45, 2.75) is 18.0 Å². The van der Waals surface area contributed by atoms with E-state index in [0.29, 0.717) is 29.0 Å². The number of amides is 2. The molecule has 18 heteroatoms. The maximum atomic E-state index is 12.9. The molecule has 4 rings (SSSR count). The first-order valence-corrected chi connectivity index (χ1v) is 12.7. The average molecular weight is 568 g/mol. The van der Waals surface area contributed by atoms with Gasteiger partial charge in [0.15, 0.2) is 11.7 Å². The molecule has 0 spiro atoms. The number of nitrogens with one attached hydrogen (secondary N) is 1. The van der Waals surface area contributed by atoms with Crippen LogP contribution in [0.3, 0.4) is 0 Å². The van der Waals surface area contributed by atoms with Gasteiger partial charge in [0.05, 0.1) is 32.3 Å². The first-order chi connectivity index (χ1) is 18.1. The molecule has 202 valence electrons. The second-order valence-electron chi connectivity index (χ2n) is 8.67. The highest BCUT2D eigenvalue weighted by atomic mass is 32.2. The molecule has 1 fully saturated rings. The summed E-state index contributed by atoms with van der Waals surface area (Å²) >= 11 is 2.04. The zero-order chi connectivity index (χ0) is 27.4. The van der Waals surface area contributed by atoms with Crippen LogP contribution in [-0.4, -0.2) is 97.1 Å². The number of quaternary nitrogens is 1. The van der Waals surface area contributed by atoms with Crippen LogP contribution in [0, 0.1) is 0 Å². The molecule has 0 aliphatic carbocycles. The Labute approximate surface area is 223 Å². The smallest absolute Gasteiger partial charge is 0.278 e. The third-order valence-corrected chi connectivity index (χ3v) is 7.28. The van der Waals surface area contributed by atoms with Crippen LogP contribution in [-0.2, 0) is 25.8 Å². The van der Waals surface area contributed by atoms with Gasteiger partial charge in [-0.3, -0.25) is 14.5 Å². The summed E-state index contributed by atoms with van der Waals surface area (Å²) in [5, 5.41) is 24.7. The fourth-order valence-electron chi connectivity index (χ4n) is 3.75. The van der Waals surface area contributed by atoms with Gasteiger partial charge in [-0.25, -0.2) is 4.39 Å². The van der Waals surface area contributed by atoms with Crippen molar-refractivity contribution < 1.29 is 37.6 Å². The standard InChI is InChI=1S/C20H22FN9O6S2/c1-30(2,6-11-26-23-9-35-11)5-3-4-10-7-37-18-13(17(32)29(18)14(10)19(33)34)24-16(31)12(27-36-8-21)15-25-20(22)38-28-15/h3-4,9,13,18H,5-8H2,1-2H3,(H3-,22,24,25,28,31,33,34)/b4-3+,27-12-/t13-,18-/m1/s1. The van der Waals surface area contributed by atoms with Crippen LogP contribution in [0.2, 0.25) is 0 Å². The predicted octanol–water partition coefficient (Wildman–Crippen LogP) is -1.61. The van der Waals surface area contributed by atoms with Gasteiger partial charge in [0, 0.05) is 17.3 Å². The first kappa shape index (κ1) is 27.1. The zero-order valence-electron chi connectivity index (χ0n) is 20.1. The van der Waals surface area contributed by atoms with Crippen molar-refractivity contribution in [1.82, 2.24) is 29.8 Å². The molecular weight excluding hydrogens is 545 g/mol. The number of allylic oxidation sites excluding steroid dienone is 1. The van der Waals surface area contributed by atoms with Crippen molar-refractivity contribution in [3.8, 4) is 0 Å². The Kier molecular flexibility index (Phi) is 8.02. The number of carbonyl (C=O) groups excluding carboxylic acids is 3. The molecule has 1 saturated heterocycles. The number of anilines is 1. The number of carboxylic acid groups (broad SMARTS) is 1. The molecule has 0 unspecified atom stereocenters. The van der Waals surface area contributed by atoms with Crippen molar-refractivity contribution >= 4 is 51.9 Å². The van der Waals surface area contributed by atoms with Crippen molar-refractivity contribution in [2.24, 2.45) is 5.16 Å². The number of halogens is 1. The summed E-state index contributed by atoms with van der Waals surface area (Å²) in [6.07, 6.45) is 4.67. The number of nitrogen functional groups attached to an aromatic ring is 1. The normalized spacial score (nSPS) is 19.9. The molecule has 4 heterocycles. The van der Waals surface area contributed by atoms with E-state index in [1.165, 1.54) is 18.2 Å². The first-order valence-electron chi connectivity index (χ1n) is 10.9. The maximum absolute atomic E-state index is 12.9. The zero-order valence-corrected chi connectivity index (χ0v) is 21.7. The maximum Gasteiger partial charge on any atom is 0.278 e. The van der Waals surface area contributed by atoms with Crippen molar-refractivity contribution in [1.29, 1.82) is 0 Å². The molecule has 0 radical (unpaired) electrons. The second kappa shape index (κ2) is 11.2. The average Bonchev–Trinajstić information content (AvgIpc) is 3.53. The minimum Gasteiger partial charge on any atom is -0.543 e. The van der Waals surface area contributed by atoms with E-state index in [4.69, 9.17) is 10.2 Å². The summed E-state index contributed by atoms with van der Waals surface area (Å²) in [7, 11) is 3.87. The molecule has 2 aromatic heterocycles. The van der Waals surface area contributed by atoms with Crippen molar-refractivity contribution in [3.05, 3.63) is 41.5 Å². The van der Waals surface area contributed by atoms with Crippen LogP contribution in [0.15, 0.2) is 39.4 Å². The Morgan fingerprint density at radius 1 is 1.47 bits per heavy atom. The highest BCUT2D eigenvalue weighted by molar-refractivity contribution is 8.00. The molecule has 0 aromatic carbocycles. The highest BCUT2D eigenvalue weighted by Gasteiger charge is 2.53. The number of carbonyl (C=O) groups is 3. The number of hydrogen-bond acceptors (Lipinski definition) is 14. The number of aromatic nitrogens is 4. The fraction of sp³-hybridized carbons (Fsp3) is 0.400.